The van der Waals surface area contributed by atoms with Gasteiger partial charge in [0.15, 0.2) is 12.0 Å². The summed E-state index contributed by atoms with van der Waals surface area (Å²) in [5, 5.41) is 9.48. The van der Waals surface area contributed by atoms with E-state index in [-0.39, 0.29) is 6.61 Å². The summed E-state index contributed by atoms with van der Waals surface area (Å²) in [7, 11) is 0. The summed E-state index contributed by atoms with van der Waals surface area (Å²) in [6.07, 6.45) is 0.915. The van der Waals surface area contributed by atoms with Gasteiger partial charge in [0.2, 0.25) is 0 Å². The van der Waals surface area contributed by atoms with E-state index < -0.39 is 41.6 Å². The van der Waals surface area contributed by atoms with Crippen molar-refractivity contribution in [2.24, 2.45) is 0 Å². The lowest BCUT2D eigenvalue weighted by molar-refractivity contribution is -0.200. The third-order valence-electron chi connectivity index (χ3n) is 3.99. The van der Waals surface area contributed by atoms with Crippen molar-refractivity contribution >= 4 is 0 Å². The molecule has 2 aliphatic heterocycles. The zero-order chi connectivity index (χ0) is 16.8. The SMILES string of the molecule is C=CCc1cn([C@@H]2O[C@H](CO)[C@H]3OC(C)(C)O[C@H]32)c(=O)[nH]c1=O. The van der Waals surface area contributed by atoms with Crippen molar-refractivity contribution in [1.82, 2.24) is 9.55 Å². The molecule has 0 spiro atoms. The Hall–Kier alpha value is -1.74. The number of rotatable bonds is 4. The molecule has 2 fully saturated rings. The van der Waals surface area contributed by atoms with Crippen molar-refractivity contribution in [3.05, 3.63) is 45.3 Å². The third-order valence-corrected chi connectivity index (χ3v) is 3.99. The fourth-order valence-corrected chi connectivity index (χ4v) is 3.05. The minimum absolute atomic E-state index is 0.255. The Morgan fingerprint density at radius 1 is 1.39 bits per heavy atom. The number of aliphatic hydroxyl groups is 1. The monoisotopic (exact) mass is 324 g/mol. The van der Waals surface area contributed by atoms with Crippen LogP contribution in [-0.2, 0) is 20.6 Å². The largest absolute Gasteiger partial charge is 0.394 e. The summed E-state index contributed by atoms with van der Waals surface area (Å²) in [5.74, 6) is -0.833. The smallest absolute Gasteiger partial charge is 0.330 e. The van der Waals surface area contributed by atoms with Crippen molar-refractivity contribution in [3.63, 3.8) is 0 Å². The van der Waals surface area contributed by atoms with E-state index in [4.69, 9.17) is 14.2 Å². The second-order valence-electron chi connectivity index (χ2n) is 6.13. The number of nitrogens with zero attached hydrogens (tertiary/aromatic N) is 1. The van der Waals surface area contributed by atoms with Gasteiger partial charge in [0.05, 0.1) is 6.61 Å². The first kappa shape index (κ1) is 16.1. The van der Waals surface area contributed by atoms with E-state index in [9.17, 15) is 14.7 Å². The van der Waals surface area contributed by atoms with Crippen LogP contribution in [0.25, 0.3) is 0 Å². The zero-order valence-electron chi connectivity index (χ0n) is 13.0. The summed E-state index contributed by atoms with van der Waals surface area (Å²) in [4.78, 5) is 26.2. The summed E-state index contributed by atoms with van der Waals surface area (Å²) >= 11 is 0. The van der Waals surface area contributed by atoms with E-state index in [0.717, 1.165) is 0 Å². The lowest BCUT2D eigenvalue weighted by atomic mass is 10.1. The van der Waals surface area contributed by atoms with Gasteiger partial charge in [-0.25, -0.2) is 4.79 Å². The van der Waals surface area contributed by atoms with Crippen molar-refractivity contribution < 1.29 is 19.3 Å². The number of nitrogens with one attached hydrogen (secondary N) is 1. The molecule has 3 rings (SSSR count). The van der Waals surface area contributed by atoms with Crippen LogP contribution in [0.1, 0.15) is 25.6 Å². The molecule has 23 heavy (non-hydrogen) atoms. The Morgan fingerprint density at radius 2 is 2.09 bits per heavy atom. The summed E-state index contributed by atoms with van der Waals surface area (Å²) in [6, 6.07) is 0. The van der Waals surface area contributed by atoms with Gasteiger partial charge in [-0.15, -0.1) is 6.58 Å². The van der Waals surface area contributed by atoms with Crippen LogP contribution < -0.4 is 11.2 Å². The molecule has 1 aromatic rings. The quantitative estimate of drug-likeness (QED) is 0.736. The molecule has 126 valence electrons. The summed E-state index contributed by atoms with van der Waals surface area (Å²) < 4.78 is 18.6. The fraction of sp³-hybridized carbons (Fsp3) is 0.600. The Labute approximate surface area is 132 Å². The van der Waals surface area contributed by atoms with Gasteiger partial charge in [0.25, 0.3) is 5.56 Å². The van der Waals surface area contributed by atoms with Gasteiger partial charge in [0, 0.05) is 11.8 Å². The highest BCUT2D eigenvalue weighted by molar-refractivity contribution is 5.10. The molecule has 2 aliphatic rings. The molecule has 8 heteroatoms. The summed E-state index contributed by atoms with van der Waals surface area (Å²) in [5.41, 5.74) is -0.660. The van der Waals surface area contributed by atoms with Crippen molar-refractivity contribution in [1.29, 1.82) is 0 Å². The van der Waals surface area contributed by atoms with Gasteiger partial charge in [-0.3, -0.25) is 14.3 Å². The van der Waals surface area contributed by atoms with Gasteiger partial charge in [-0.05, 0) is 20.3 Å². The second kappa shape index (κ2) is 5.72. The van der Waals surface area contributed by atoms with E-state index in [0.29, 0.717) is 12.0 Å². The molecule has 0 aliphatic carbocycles. The number of allylic oxidation sites excluding steroid dienone is 1. The predicted molar refractivity (Wildman–Crippen MR) is 80.0 cm³/mol. The molecule has 2 N–H and O–H groups in total. The van der Waals surface area contributed by atoms with E-state index in [1.807, 2.05) is 0 Å². The van der Waals surface area contributed by atoms with Crippen LogP contribution in [0.2, 0.25) is 0 Å². The average Bonchev–Trinajstić information content (AvgIpc) is 2.95. The van der Waals surface area contributed by atoms with Gasteiger partial charge in [-0.2, -0.15) is 0 Å². The maximum absolute atomic E-state index is 12.2. The topological polar surface area (TPSA) is 103 Å². The van der Waals surface area contributed by atoms with Crippen molar-refractivity contribution in [2.75, 3.05) is 6.61 Å². The van der Waals surface area contributed by atoms with E-state index in [2.05, 4.69) is 11.6 Å². The van der Waals surface area contributed by atoms with E-state index in [1.165, 1.54) is 10.8 Å². The minimum atomic E-state index is -0.833. The lowest BCUT2D eigenvalue weighted by Gasteiger charge is -2.24. The molecule has 4 atom stereocenters. The molecule has 0 radical (unpaired) electrons. The molecular weight excluding hydrogens is 304 g/mol. The highest BCUT2D eigenvalue weighted by Gasteiger charge is 2.55. The number of H-pyrrole nitrogens is 1. The highest BCUT2D eigenvalue weighted by Crippen LogP contribution is 2.42. The summed E-state index contributed by atoms with van der Waals surface area (Å²) in [6.45, 7) is 6.86. The van der Waals surface area contributed by atoms with Crippen LogP contribution in [0.3, 0.4) is 0 Å². The Bertz CT molecular complexity index is 721. The van der Waals surface area contributed by atoms with Crippen LogP contribution >= 0.6 is 0 Å². The number of fused-ring (bicyclic) bond motifs is 1. The molecule has 1 aromatic heterocycles. The van der Waals surface area contributed by atoms with Gasteiger partial charge >= 0.3 is 5.69 Å². The average molecular weight is 324 g/mol. The van der Waals surface area contributed by atoms with Gasteiger partial charge < -0.3 is 19.3 Å². The first-order chi connectivity index (χ1) is 10.9. The molecule has 0 amide bonds. The zero-order valence-corrected chi connectivity index (χ0v) is 13.0. The number of hydrogen-bond donors (Lipinski definition) is 2. The van der Waals surface area contributed by atoms with E-state index >= 15 is 0 Å². The predicted octanol–water partition coefficient (Wildman–Crippen LogP) is -0.325. The second-order valence-corrected chi connectivity index (χ2v) is 6.13. The Kier molecular flexibility index (Phi) is 4.01. The molecule has 0 aromatic carbocycles. The molecule has 0 unspecified atom stereocenters. The third kappa shape index (κ3) is 2.78. The van der Waals surface area contributed by atoms with Gasteiger partial charge in [0.1, 0.15) is 18.3 Å². The van der Waals surface area contributed by atoms with Gasteiger partial charge in [-0.1, -0.05) is 6.08 Å². The van der Waals surface area contributed by atoms with Crippen molar-refractivity contribution in [3.8, 4) is 0 Å². The number of aromatic amines is 1. The molecule has 2 saturated heterocycles. The normalized spacial score (nSPS) is 32.0. The standard InChI is InChI=1S/C15H20N2O6/c1-4-5-8-6-17(14(20)16-12(8)19)13-11-10(9(7-18)21-13)22-15(2,3)23-11/h4,6,9-11,13,18H,1,5,7H2,2-3H3,(H,16,19,20)/t9-,10-,11-,13-/m1/s1. The Morgan fingerprint density at radius 3 is 2.74 bits per heavy atom. The van der Waals surface area contributed by atoms with Crippen LogP contribution in [0.5, 0.6) is 0 Å². The lowest BCUT2D eigenvalue weighted by Crippen LogP contribution is -2.38. The number of hydrogen-bond acceptors (Lipinski definition) is 6. The first-order valence-corrected chi connectivity index (χ1v) is 7.43. The van der Waals surface area contributed by atoms with Crippen LogP contribution in [0.4, 0.5) is 0 Å². The minimum Gasteiger partial charge on any atom is -0.394 e. The number of aromatic nitrogens is 2. The maximum Gasteiger partial charge on any atom is 0.330 e. The number of aliphatic hydroxyl groups excluding tert-OH is 1. The molecule has 3 heterocycles. The fourth-order valence-electron chi connectivity index (χ4n) is 3.05. The molecular formula is C15H20N2O6. The van der Waals surface area contributed by atoms with Crippen LogP contribution in [-0.4, -0.2) is 45.4 Å². The van der Waals surface area contributed by atoms with Crippen LogP contribution in [0.15, 0.2) is 28.4 Å². The molecule has 8 nitrogen and oxygen atoms in total. The van der Waals surface area contributed by atoms with E-state index in [1.54, 1.807) is 19.9 Å². The Balaban J connectivity index is 2.01. The molecule has 0 bridgehead atoms. The highest BCUT2D eigenvalue weighted by atomic mass is 16.8. The van der Waals surface area contributed by atoms with Crippen molar-refractivity contribution in [2.45, 2.75) is 50.6 Å². The first-order valence-electron chi connectivity index (χ1n) is 7.43. The number of ether oxygens (including phenoxy) is 3. The molecule has 0 saturated carbocycles. The van der Waals surface area contributed by atoms with Crippen LogP contribution in [0, 0.1) is 0 Å². The maximum atomic E-state index is 12.2.